The van der Waals surface area contributed by atoms with Crippen molar-refractivity contribution >= 4 is 54.1 Å². The van der Waals surface area contributed by atoms with Gasteiger partial charge >= 0.3 is 19.1 Å². The Morgan fingerprint density at radius 2 is 1.94 bits per heavy atom. The van der Waals surface area contributed by atoms with E-state index in [4.69, 9.17) is 37.2 Å². The fraction of sp³-hybridized carbons (Fsp3) is 0.474. The average Bonchev–Trinajstić information content (AvgIpc) is 2.69. The summed E-state index contributed by atoms with van der Waals surface area (Å²) in [6, 6.07) is 4.39. The molecule has 31 heavy (non-hydrogen) atoms. The monoisotopic (exact) mass is 472 g/mol. The van der Waals surface area contributed by atoms with E-state index in [0.29, 0.717) is 11.4 Å². The van der Waals surface area contributed by atoms with Gasteiger partial charge in [0.15, 0.2) is 6.10 Å². The smallest absolute Gasteiger partial charge is 0.496 e. The fourth-order valence-corrected chi connectivity index (χ4v) is 3.13. The molecule has 1 aliphatic rings. The molecule has 9 nitrogen and oxygen atoms in total. The first-order valence-corrected chi connectivity index (χ1v) is 10.4. The minimum absolute atomic E-state index is 0.0710. The van der Waals surface area contributed by atoms with E-state index in [-0.39, 0.29) is 23.0 Å². The number of benzene rings is 1. The summed E-state index contributed by atoms with van der Waals surface area (Å²) >= 11 is 11.9. The predicted octanol–water partition coefficient (Wildman–Crippen LogP) is 1.79. The third-order valence-electron chi connectivity index (χ3n) is 4.25. The van der Waals surface area contributed by atoms with E-state index in [1.807, 2.05) is 13.8 Å². The first-order valence-electron chi connectivity index (χ1n) is 9.61. The van der Waals surface area contributed by atoms with E-state index in [2.05, 4.69) is 10.6 Å². The molecular formula is C19H23BCl2N2O7. The van der Waals surface area contributed by atoms with Crippen LogP contribution in [0.4, 0.5) is 0 Å². The number of hydrogen-bond donors (Lipinski definition) is 2. The molecule has 0 aromatic heterocycles. The van der Waals surface area contributed by atoms with Gasteiger partial charge in [-0.25, -0.2) is 0 Å². The first kappa shape index (κ1) is 25.0. The van der Waals surface area contributed by atoms with Gasteiger partial charge in [0, 0.05) is 5.02 Å². The van der Waals surface area contributed by atoms with Gasteiger partial charge in [-0.1, -0.05) is 37.0 Å². The Kier molecular flexibility index (Phi) is 9.15. The Morgan fingerprint density at radius 1 is 1.23 bits per heavy atom. The Bertz CT molecular complexity index is 853. The summed E-state index contributed by atoms with van der Waals surface area (Å²) in [4.78, 5) is 48.7. The van der Waals surface area contributed by atoms with Gasteiger partial charge in [-0.3, -0.25) is 19.2 Å². The van der Waals surface area contributed by atoms with Crippen molar-refractivity contribution in [3.8, 4) is 0 Å². The minimum atomic E-state index is -1.32. The van der Waals surface area contributed by atoms with Crippen molar-refractivity contribution < 1.29 is 33.2 Å². The number of carbonyl (C=O) groups excluding carboxylic acids is 4. The molecule has 2 rings (SSSR count). The normalized spacial score (nSPS) is 17.9. The van der Waals surface area contributed by atoms with Crippen molar-refractivity contribution in [1.82, 2.24) is 10.6 Å². The molecule has 1 heterocycles. The molecule has 1 unspecified atom stereocenters. The molecule has 2 atom stereocenters. The summed E-state index contributed by atoms with van der Waals surface area (Å²) in [5.41, 5.74) is 0.123. The Morgan fingerprint density at radius 3 is 2.61 bits per heavy atom. The number of ether oxygens (including phenoxy) is 1. The van der Waals surface area contributed by atoms with E-state index < -0.39 is 49.5 Å². The standard InChI is InChI=1S/C19H23BCl2N2O7/c1-10(2)6-15(20-30-17(26)9-29-11(3)19(28)31-20)24-16(25)8-23-18(27)13-7-12(21)4-5-14(13)22/h4-5,7,10-11,15H,6,8-9H2,1-3H3,(H,23,27)(H,24,25)/t11?,15-/m0/s1. The highest BCUT2D eigenvalue weighted by molar-refractivity contribution is 6.51. The molecule has 2 N–H and O–H groups in total. The second kappa shape index (κ2) is 11.4. The van der Waals surface area contributed by atoms with E-state index in [1.54, 1.807) is 0 Å². The maximum absolute atomic E-state index is 12.5. The van der Waals surface area contributed by atoms with E-state index in [0.717, 1.165) is 0 Å². The third kappa shape index (κ3) is 7.72. The molecule has 168 valence electrons. The molecule has 1 aromatic carbocycles. The van der Waals surface area contributed by atoms with Crippen LogP contribution in [0.25, 0.3) is 0 Å². The van der Waals surface area contributed by atoms with Gasteiger partial charge in [0.1, 0.15) is 6.61 Å². The number of halogens is 2. The van der Waals surface area contributed by atoms with Gasteiger partial charge in [-0.15, -0.1) is 0 Å². The summed E-state index contributed by atoms with van der Waals surface area (Å²) in [5, 5.41) is 5.60. The summed E-state index contributed by atoms with van der Waals surface area (Å²) in [5.74, 6) is -3.35. The van der Waals surface area contributed by atoms with E-state index in [1.165, 1.54) is 25.1 Å². The average molecular weight is 473 g/mol. The molecule has 0 bridgehead atoms. The molecule has 12 heteroatoms. The number of amides is 2. The van der Waals surface area contributed by atoms with Crippen LogP contribution in [0.15, 0.2) is 18.2 Å². The number of rotatable bonds is 7. The molecule has 0 spiro atoms. The maximum Gasteiger partial charge on any atom is 0.622 e. The highest BCUT2D eigenvalue weighted by Crippen LogP contribution is 2.20. The molecule has 0 aliphatic carbocycles. The summed E-state index contributed by atoms with van der Waals surface area (Å²) in [6.45, 7) is 4.43. The predicted molar refractivity (Wildman–Crippen MR) is 114 cm³/mol. The minimum Gasteiger partial charge on any atom is -0.496 e. The lowest BCUT2D eigenvalue weighted by Crippen LogP contribution is -2.55. The number of hydrogen-bond acceptors (Lipinski definition) is 7. The molecule has 1 aliphatic heterocycles. The van der Waals surface area contributed by atoms with Crippen molar-refractivity contribution in [2.24, 2.45) is 5.92 Å². The molecule has 1 saturated heterocycles. The van der Waals surface area contributed by atoms with Crippen molar-refractivity contribution in [3.05, 3.63) is 33.8 Å². The zero-order valence-corrected chi connectivity index (χ0v) is 18.8. The van der Waals surface area contributed by atoms with Crippen LogP contribution in [0.1, 0.15) is 37.6 Å². The van der Waals surface area contributed by atoms with Gasteiger partial charge in [-0.05, 0) is 37.5 Å². The van der Waals surface area contributed by atoms with Crippen molar-refractivity contribution in [2.45, 2.75) is 39.2 Å². The van der Waals surface area contributed by atoms with Crippen LogP contribution in [0.5, 0.6) is 0 Å². The summed E-state index contributed by atoms with van der Waals surface area (Å²) in [7, 11) is -1.32. The Labute approximate surface area is 190 Å². The Hall–Kier alpha value is -2.30. The summed E-state index contributed by atoms with van der Waals surface area (Å²) in [6.07, 6.45) is -0.604. The summed E-state index contributed by atoms with van der Waals surface area (Å²) < 4.78 is 15.4. The van der Waals surface area contributed by atoms with Crippen LogP contribution < -0.4 is 10.6 Å². The second-order valence-electron chi connectivity index (χ2n) is 7.36. The lowest BCUT2D eigenvalue weighted by molar-refractivity contribution is -0.160. The molecular weight excluding hydrogens is 450 g/mol. The zero-order valence-electron chi connectivity index (χ0n) is 17.3. The van der Waals surface area contributed by atoms with Crippen LogP contribution in [-0.4, -0.2) is 56.1 Å². The van der Waals surface area contributed by atoms with Gasteiger partial charge in [0.2, 0.25) is 5.91 Å². The van der Waals surface area contributed by atoms with Gasteiger partial charge < -0.3 is 24.7 Å². The third-order valence-corrected chi connectivity index (χ3v) is 4.81. The van der Waals surface area contributed by atoms with Crippen LogP contribution >= 0.6 is 23.2 Å². The maximum atomic E-state index is 12.5. The van der Waals surface area contributed by atoms with Gasteiger partial charge in [0.05, 0.1) is 23.1 Å². The van der Waals surface area contributed by atoms with Crippen LogP contribution in [0.3, 0.4) is 0 Å². The quantitative estimate of drug-likeness (QED) is 0.580. The second-order valence-corrected chi connectivity index (χ2v) is 8.20. The number of carbonyl (C=O) groups is 4. The zero-order chi connectivity index (χ0) is 23.1. The number of nitrogens with one attached hydrogen (secondary N) is 2. The first-order chi connectivity index (χ1) is 14.6. The highest BCUT2D eigenvalue weighted by atomic mass is 35.5. The Balaban J connectivity index is 2.04. The van der Waals surface area contributed by atoms with Crippen LogP contribution in [0, 0.1) is 5.92 Å². The van der Waals surface area contributed by atoms with Crippen LogP contribution in [-0.2, 0) is 28.4 Å². The lowest BCUT2D eigenvalue weighted by atomic mass is 9.73. The molecule has 0 radical (unpaired) electrons. The van der Waals surface area contributed by atoms with E-state index in [9.17, 15) is 19.2 Å². The SMILES string of the molecule is CC(C)C[C@H](NC(=O)CNC(=O)c1cc(Cl)ccc1Cl)B1OC(=O)COC(C)C(=O)O1. The van der Waals surface area contributed by atoms with Crippen LogP contribution in [0.2, 0.25) is 10.0 Å². The van der Waals surface area contributed by atoms with Crippen molar-refractivity contribution in [2.75, 3.05) is 13.2 Å². The topological polar surface area (TPSA) is 120 Å². The molecule has 1 aromatic rings. The highest BCUT2D eigenvalue weighted by Gasteiger charge is 2.41. The molecule has 1 fully saturated rings. The van der Waals surface area contributed by atoms with Crippen molar-refractivity contribution in [3.63, 3.8) is 0 Å². The van der Waals surface area contributed by atoms with Gasteiger partial charge in [0.25, 0.3) is 5.91 Å². The lowest BCUT2D eigenvalue weighted by Gasteiger charge is -2.27. The van der Waals surface area contributed by atoms with E-state index >= 15 is 0 Å². The van der Waals surface area contributed by atoms with Crippen molar-refractivity contribution in [1.29, 1.82) is 0 Å². The largest absolute Gasteiger partial charge is 0.622 e. The van der Waals surface area contributed by atoms with Gasteiger partial charge in [-0.2, -0.15) is 0 Å². The molecule has 0 saturated carbocycles. The fourth-order valence-electron chi connectivity index (χ4n) is 2.75. The molecule has 2 amide bonds.